The summed E-state index contributed by atoms with van der Waals surface area (Å²) < 4.78 is 9.80. The van der Waals surface area contributed by atoms with Gasteiger partial charge >= 0.3 is 5.97 Å². The molecule has 0 saturated heterocycles. The van der Waals surface area contributed by atoms with E-state index in [2.05, 4.69) is 6.58 Å². The van der Waals surface area contributed by atoms with Gasteiger partial charge in [0.25, 0.3) is 9.76 Å². The van der Waals surface area contributed by atoms with Crippen LogP contribution in [0.1, 0.15) is 0 Å². The van der Waals surface area contributed by atoms with Crippen molar-refractivity contribution in [3.8, 4) is 0 Å². The van der Waals surface area contributed by atoms with E-state index in [0.29, 0.717) is 0 Å². The summed E-state index contributed by atoms with van der Waals surface area (Å²) >= 11 is 0. The van der Waals surface area contributed by atoms with Crippen LogP contribution in [-0.4, -0.2) is 15.7 Å². The molecule has 0 aliphatic carbocycles. The molecule has 4 heteroatoms. The van der Waals surface area contributed by atoms with Gasteiger partial charge in [0.15, 0.2) is 0 Å². The first kappa shape index (κ1) is 7.81. The van der Waals surface area contributed by atoms with Crippen molar-refractivity contribution in [2.45, 2.75) is 0 Å². The molecule has 0 aromatic carbocycles. The normalized spacial score (nSPS) is 10.2. The summed E-state index contributed by atoms with van der Waals surface area (Å²) in [6, 6.07) is 3.56. The second-order valence-corrected chi connectivity index (χ2v) is 3.17. The van der Waals surface area contributed by atoms with Crippen molar-refractivity contribution >= 4 is 21.1 Å². The number of carbonyl (C=O) groups excluding carboxylic acids is 1. The van der Waals surface area contributed by atoms with Gasteiger partial charge in [-0.3, -0.25) is 0 Å². The van der Waals surface area contributed by atoms with Crippen LogP contribution in [0.3, 0.4) is 0 Å². The fraction of sp³-hybridized carbons (Fsp3) is 0. The standard InChI is InChI=1S/C7H8O3Si/c1-2-6(8)10-11-7-4-3-5-9-7/h2-5H,1,11H2. The molecule has 0 unspecified atom stereocenters. The summed E-state index contributed by atoms with van der Waals surface area (Å²) in [6.07, 6.45) is 2.71. The molecule has 58 valence electrons. The van der Waals surface area contributed by atoms with Crippen LogP contribution < -0.4 is 5.38 Å². The minimum atomic E-state index is -1.02. The van der Waals surface area contributed by atoms with Crippen molar-refractivity contribution in [1.29, 1.82) is 0 Å². The zero-order chi connectivity index (χ0) is 8.10. The average molecular weight is 168 g/mol. The Kier molecular flexibility index (Phi) is 2.68. The van der Waals surface area contributed by atoms with E-state index in [1.54, 1.807) is 18.4 Å². The predicted octanol–water partition coefficient (Wildman–Crippen LogP) is -0.282. The van der Waals surface area contributed by atoms with Crippen LogP contribution >= 0.6 is 0 Å². The van der Waals surface area contributed by atoms with Gasteiger partial charge in [-0.05, 0) is 12.1 Å². The quantitative estimate of drug-likeness (QED) is 0.460. The maximum absolute atomic E-state index is 10.6. The fourth-order valence-corrected chi connectivity index (χ4v) is 1.39. The highest BCUT2D eigenvalue weighted by atomic mass is 28.2. The highest BCUT2D eigenvalue weighted by Gasteiger charge is 1.99. The van der Waals surface area contributed by atoms with Gasteiger partial charge in [-0.15, -0.1) is 0 Å². The minimum Gasteiger partial charge on any atom is -0.514 e. The van der Waals surface area contributed by atoms with Crippen LogP contribution in [0.5, 0.6) is 0 Å². The second-order valence-electron chi connectivity index (χ2n) is 1.89. The highest BCUT2D eigenvalue weighted by molar-refractivity contribution is 6.47. The van der Waals surface area contributed by atoms with Gasteiger partial charge in [0.1, 0.15) is 5.38 Å². The van der Waals surface area contributed by atoms with E-state index in [1.165, 1.54) is 0 Å². The van der Waals surface area contributed by atoms with Crippen molar-refractivity contribution in [2.75, 3.05) is 0 Å². The first-order valence-corrected chi connectivity index (χ1v) is 4.43. The van der Waals surface area contributed by atoms with E-state index in [0.717, 1.165) is 11.5 Å². The predicted molar refractivity (Wildman–Crippen MR) is 43.2 cm³/mol. The molecule has 0 aliphatic heterocycles. The summed E-state index contributed by atoms with van der Waals surface area (Å²) in [5.74, 6) is -0.381. The first-order chi connectivity index (χ1) is 5.33. The Bertz CT molecular complexity index is 240. The lowest BCUT2D eigenvalue weighted by Gasteiger charge is -1.96. The average Bonchev–Trinajstić information content (AvgIpc) is 2.52. The molecule has 0 amide bonds. The Morgan fingerprint density at radius 2 is 2.64 bits per heavy atom. The smallest absolute Gasteiger partial charge is 0.316 e. The van der Waals surface area contributed by atoms with Crippen LogP contribution in [-0.2, 0) is 9.22 Å². The third-order valence-corrected chi connectivity index (χ3v) is 2.22. The lowest BCUT2D eigenvalue weighted by molar-refractivity contribution is -0.128. The Labute approximate surface area is 66.6 Å². The summed E-state index contributed by atoms with van der Waals surface area (Å²) in [5, 5.41) is 0.764. The molecule has 0 aliphatic rings. The van der Waals surface area contributed by atoms with Crippen LogP contribution in [0, 0.1) is 0 Å². The third-order valence-electron chi connectivity index (χ3n) is 1.10. The third kappa shape index (κ3) is 2.43. The van der Waals surface area contributed by atoms with Crippen LogP contribution in [0.4, 0.5) is 0 Å². The van der Waals surface area contributed by atoms with Crippen molar-refractivity contribution in [3.05, 3.63) is 31.1 Å². The SMILES string of the molecule is C=CC(=O)O[SiH2]c1ccco1. The number of hydrogen-bond donors (Lipinski definition) is 0. The molecule has 11 heavy (non-hydrogen) atoms. The molecule has 0 bridgehead atoms. The molecule has 0 N–H and O–H groups in total. The second kappa shape index (κ2) is 3.77. The minimum absolute atomic E-state index is 0.381. The van der Waals surface area contributed by atoms with E-state index in [4.69, 9.17) is 8.84 Å². The molecule has 0 fully saturated rings. The number of carbonyl (C=O) groups is 1. The van der Waals surface area contributed by atoms with Gasteiger partial charge in [-0.1, -0.05) is 6.58 Å². The fourth-order valence-electron chi connectivity index (χ4n) is 0.596. The summed E-state index contributed by atoms with van der Waals surface area (Å²) in [5.41, 5.74) is 0. The topological polar surface area (TPSA) is 39.4 Å². The summed E-state index contributed by atoms with van der Waals surface area (Å²) in [4.78, 5) is 10.6. The molecule has 1 aromatic rings. The van der Waals surface area contributed by atoms with Gasteiger partial charge in [0.05, 0.1) is 6.26 Å². The van der Waals surface area contributed by atoms with Gasteiger partial charge in [0.2, 0.25) is 0 Å². The lowest BCUT2D eigenvalue weighted by atomic mass is 10.7. The van der Waals surface area contributed by atoms with E-state index in [1.807, 2.05) is 0 Å². The molecule has 0 spiro atoms. The van der Waals surface area contributed by atoms with Gasteiger partial charge in [-0.2, -0.15) is 0 Å². The molecule has 0 saturated carbocycles. The zero-order valence-corrected chi connectivity index (χ0v) is 7.36. The molecule has 0 atom stereocenters. The number of rotatable bonds is 3. The van der Waals surface area contributed by atoms with Crippen molar-refractivity contribution in [1.82, 2.24) is 0 Å². The van der Waals surface area contributed by atoms with Crippen molar-refractivity contribution in [2.24, 2.45) is 0 Å². The van der Waals surface area contributed by atoms with E-state index in [9.17, 15) is 4.79 Å². The monoisotopic (exact) mass is 168 g/mol. The van der Waals surface area contributed by atoms with E-state index >= 15 is 0 Å². The molecule has 0 radical (unpaired) electrons. The Morgan fingerprint density at radius 1 is 1.82 bits per heavy atom. The van der Waals surface area contributed by atoms with Crippen molar-refractivity contribution < 1.29 is 13.6 Å². The van der Waals surface area contributed by atoms with Crippen LogP contribution in [0.25, 0.3) is 0 Å². The number of hydrogen-bond acceptors (Lipinski definition) is 3. The van der Waals surface area contributed by atoms with Crippen LogP contribution in [0.15, 0.2) is 35.5 Å². The molecule has 1 rings (SSSR count). The maximum atomic E-state index is 10.6. The van der Waals surface area contributed by atoms with Crippen LogP contribution in [0.2, 0.25) is 0 Å². The Balaban J connectivity index is 2.34. The molecular weight excluding hydrogens is 160 g/mol. The molecule has 1 heterocycles. The number of furan rings is 1. The van der Waals surface area contributed by atoms with E-state index < -0.39 is 9.76 Å². The zero-order valence-electron chi connectivity index (χ0n) is 5.95. The first-order valence-electron chi connectivity index (χ1n) is 3.14. The summed E-state index contributed by atoms with van der Waals surface area (Å²) in [7, 11) is -1.02. The summed E-state index contributed by atoms with van der Waals surface area (Å²) in [6.45, 7) is 3.28. The lowest BCUT2D eigenvalue weighted by Crippen LogP contribution is -2.17. The van der Waals surface area contributed by atoms with E-state index in [-0.39, 0.29) is 5.97 Å². The largest absolute Gasteiger partial charge is 0.514 e. The molecular formula is C7H8O3Si. The van der Waals surface area contributed by atoms with Crippen molar-refractivity contribution in [3.63, 3.8) is 0 Å². The molecule has 1 aromatic heterocycles. The Hall–Kier alpha value is -1.29. The van der Waals surface area contributed by atoms with Gasteiger partial charge < -0.3 is 8.84 Å². The Morgan fingerprint density at radius 3 is 3.18 bits per heavy atom. The maximum Gasteiger partial charge on any atom is 0.316 e. The highest BCUT2D eigenvalue weighted by Crippen LogP contribution is 1.83. The van der Waals surface area contributed by atoms with Gasteiger partial charge in [-0.25, -0.2) is 4.79 Å². The van der Waals surface area contributed by atoms with Gasteiger partial charge in [0, 0.05) is 6.08 Å². The molecule has 3 nitrogen and oxygen atoms in total.